The van der Waals surface area contributed by atoms with E-state index in [0.717, 1.165) is 0 Å². The predicted octanol–water partition coefficient (Wildman–Crippen LogP) is 0.548. The molecular formula is C12H18O7. The van der Waals surface area contributed by atoms with Crippen molar-refractivity contribution in [3.8, 4) is 0 Å². The fraction of sp³-hybridized carbons (Fsp3) is 0.750. The number of ether oxygens (including phenoxy) is 4. The van der Waals surface area contributed by atoms with Gasteiger partial charge < -0.3 is 18.9 Å². The van der Waals surface area contributed by atoms with E-state index in [1.165, 1.54) is 27.7 Å². The van der Waals surface area contributed by atoms with Crippen molar-refractivity contribution in [1.82, 2.24) is 0 Å². The van der Waals surface area contributed by atoms with Gasteiger partial charge in [-0.25, -0.2) is 0 Å². The molecule has 108 valence electrons. The van der Waals surface area contributed by atoms with E-state index in [0.29, 0.717) is 0 Å². The quantitative estimate of drug-likeness (QED) is 0.548. The van der Waals surface area contributed by atoms with Gasteiger partial charge >= 0.3 is 17.9 Å². The van der Waals surface area contributed by atoms with Crippen molar-refractivity contribution in [3.05, 3.63) is 0 Å². The number of carbonyl (C=O) groups is 3. The normalized spacial score (nSPS) is 33.6. The minimum absolute atomic E-state index is 0.540. The molecule has 0 aliphatic carbocycles. The van der Waals surface area contributed by atoms with E-state index < -0.39 is 42.0 Å². The van der Waals surface area contributed by atoms with Crippen molar-refractivity contribution < 1.29 is 33.3 Å². The van der Waals surface area contributed by atoms with E-state index in [1.807, 2.05) is 0 Å². The van der Waals surface area contributed by atoms with Gasteiger partial charge in [-0.2, -0.15) is 0 Å². The summed E-state index contributed by atoms with van der Waals surface area (Å²) in [5, 5.41) is 0. The summed E-state index contributed by atoms with van der Waals surface area (Å²) in [6.45, 7) is 6.79. The highest BCUT2D eigenvalue weighted by Crippen LogP contribution is 2.37. The SMILES string of the molecule is CC(=O)OC1[C@H](C)O[C@@H](OC(C)=O)C1(C)OC(C)=O. The highest BCUT2D eigenvalue weighted by atomic mass is 16.8. The first-order valence-corrected chi connectivity index (χ1v) is 5.86. The van der Waals surface area contributed by atoms with Crippen LogP contribution < -0.4 is 0 Å². The first-order chi connectivity index (χ1) is 8.66. The summed E-state index contributed by atoms with van der Waals surface area (Å²) in [5.74, 6) is -1.71. The van der Waals surface area contributed by atoms with Crippen LogP contribution in [-0.4, -0.2) is 42.0 Å². The Morgan fingerprint density at radius 1 is 1.00 bits per heavy atom. The second-order valence-electron chi connectivity index (χ2n) is 4.59. The zero-order valence-corrected chi connectivity index (χ0v) is 11.6. The topological polar surface area (TPSA) is 88.1 Å². The molecule has 7 nitrogen and oxygen atoms in total. The fourth-order valence-corrected chi connectivity index (χ4v) is 2.10. The monoisotopic (exact) mass is 274 g/mol. The Hall–Kier alpha value is -1.63. The summed E-state index contributed by atoms with van der Waals surface area (Å²) < 4.78 is 20.7. The van der Waals surface area contributed by atoms with Crippen molar-refractivity contribution in [2.45, 2.75) is 58.7 Å². The molecule has 0 amide bonds. The molecule has 1 saturated heterocycles. The maximum Gasteiger partial charge on any atom is 0.305 e. The maximum atomic E-state index is 11.2. The highest BCUT2D eigenvalue weighted by molar-refractivity contribution is 5.69. The summed E-state index contributed by atoms with van der Waals surface area (Å²) in [7, 11) is 0. The summed E-state index contributed by atoms with van der Waals surface area (Å²) in [6.07, 6.45) is -2.54. The summed E-state index contributed by atoms with van der Waals surface area (Å²) >= 11 is 0. The third-order valence-corrected chi connectivity index (χ3v) is 2.73. The van der Waals surface area contributed by atoms with Gasteiger partial charge in [-0.3, -0.25) is 14.4 Å². The van der Waals surface area contributed by atoms with Crippen molar-refractivity contribution in [3.63, 3.8) is 0 Å². The van der Waals surface area contributed by atoms with Crippen molar-refractivity contribution >= 4 is 17.9 Å². The molecule has 0 aromatic carbocycles. The highest BCUT2D eigenvalue weighted by Gasteiger charge is 2.59. The van der Waals surface area contributed by atoms with Gasteiger partial charge in [0, 0.05) is 20.8 Å². The van der Waals surface area contributed by atoms with E-state index in [4.69, 9.17) is 18.9 Å². The molecule has 1 aliphatic rings. The third-order valence-electron chi connectivity index (χ3n) is 2.73. The Bertz CT molecular complexity index is 392. The number of rotatable bonds is 3. The molecule has 0 aromatic rings. The zero-order chi connectivity index (χ0) is 14.8. The third kappa shape index (κ3) is 3.44. The number of hydrogen-bond acceptors (Lipinski definition) is 7. The molecule has 1 rings (SSSR count). The number of carbonyl (C=O) groups excluding carboxylic acids is 3. The second kappa shape index (κ2) is 5.56. The lowest BCUT2D eigenvalue weighted by Gasteiger charge is -2.32. The molecule has 0 N–H and O–H groups in total. The molecule has 19 heavy (non-hydrogen) atoms. The lowest BCUT2D eigenvalue weighted by molar-refractivity contribution is -0.219. The average Bonchev–Trinajstić information content (AvgIpc) is 2.40. The molecule has 0 bridgehead atoms. The average molecular weight is 274 g/mol. The minimum atomic E-state index is -1.37. The lowest BCUT2D eigenvalue weighted by atomic mass is 9.97. The van der Waals surface area contributed by atoms with Gasteiger partial charge in [0.2, 0.25) is 11.9 Å². The van der Waals surface area contributed by atoms with Crippen LogP contribution in [0, 0.1) is 0 Å². The Balaban J connectivity index is 3.03. The molecule has 0 spiro atoms. The first-order valence-electron chi connectivity index (χ1n) is 5.86. The van der Waals surface area contributed by atoms with Crippen LogP contribution in [0.4, 0.5) is 0 Å². The summed E-state index contributed by atoms with van der Waals surface area (Å²) in [5.41, 5.74) is -1.37. The van der Waals surface area contributed by atoms with Crippen molar-refractivity contribution in [2.24, 2.45) is 0 Å². The molecule has 7 heteroatoms. The van der Waals surface area contributed by atoms with Gasteiger partial charge in [-0.05, 0) is 13.8 Å². The van der Waals surface area contributed by atoms with Crippen LogP contribution in [0.1, 0.15) is 34.6 Å². The van der Waals surface area contributed by atoms with Crippen LogP contribution in [0.25, 0.3) is 0 Å². The van der Waals surface area contributed by atoms with E-state index in [2.05, 4.69) is 0 Å². The zero-order valence-electron chi connectivity index (χ0n) is 11.6. The van der Waals surface area contributed by atoms with Crippen LogP contribution >= 0.6 is 0 Å². The van der Waals surface area contributed by atoms with E-state index >= 15 is 0 Å². The Morgan fingerprint density at radius 3 is 1.95 bits per heavy atom. The molecule has 2 unspecified atom stereocenters. The van der Waals surface area contributed by atoms with Gasteiger partial charge in [0.1, 0.15) is 6.10 Å². The van der Waals surface area contributed by atoms with Crippen LogP contribution in [0.5, 0.6) is 0 Å². The van der Waals surface area contributed by atoms with E-state index in [1.54, 1.807) is 6.92 Å². The van der Waals surface area contributed by atoms with Gasteiger partial charge in [0.05, 0.1) is 0 Å². The van der Waals surface area contributed by atoms with Crippen LogP contribution in [0.15, 0.2) is 0 Å². The first kappa shape index (κ1) is 15.4. The largest absolute Gasteiger partial charge is 0.455 e. The predicted molar refractivity (Wildman–Crippen MR) is 61.8 cm³/mol. The molecule has 0 saturated carbocycles. The van der Waals surface area contributed by atoms with Crippen LogP contribution in [-0.2, 0) is 33.3 Å². The molecule has 0 radical (unpaired) electrons. The smallest absolute Gasteiger partial charge is 0.305 e. The Labute approximate surface area is 111 Å². The Kier molecular flexibility index (Phi) is 4.52. The summed E-state index contributed by atoms with van der Waals surface area (Å²) in [6, 6.07) is 0. The molecule has 1 aliphatic heterocycles. The minimum Gasteiger partial charge on any atom is -0.455 e. The number of hydrogen-bond donors (Lipinski definition) is 0. The van der Waals surface area contributed by atoms with Gasteiger partial charge in [0.15, 0.2) is 6.10 Å². The molecular weight excluding hydrogens is 256 g/mol. The Morgan fingerprint density at radius 2 is 1.53 bits per heavy atom. The molecule has 1 heterocycles. The molecule has 1 fully saturated rings. The standard InChI is InChI=1S/C12H18O7/c1-6-10(17-7(2)13)12(5,19-9(4)15)11(16-6)18-8(3)14/h6,10-11H,1-5H3/t6-,10?,11-,12?/m0/s1. The van der Waals surface area contributed by atoms with E-state index in [-0.39, 0.29) is 0 Å². The lowest BCUT2D eigenvalue weighted by Crippen LogP contribution is -2.51. The second-order valence-corrected chi connectivity index (χ2v) is 4.59. The molecule has 4 atom stereocenters. The van der Waals surface area contributed by atoms with Crippen molar-refractivity contribution in [1.29, 1.82) is 0 Å². The van der Waals surface area contributed by atoms with Crippen LogP contribution in [0.3, 0.4) is 0 Å². The van der Waals surface area contributed by atoms with Crippen LogP contribution in [0.2, 0.25) is 0 Å². The van der Waals surface area contributed by atoms with Gasteiger partial charge in [-0.1, -0.05) is 0 Å². The van der Waals surface area contributed by atoms with Gasteiger partial charge in [0.25, 0.3) is 0 Å². The maximum absolute atomic E-state index is 11.2. The number of esters is 3. The van der Waals surface area contributed by atoms with E-state index in [9.17, 15) is 14.4 Å². The fourth-order valence-electron chi connectivity index (χ4n) is 2.10. The van der Waals surface area contributed by atoms with Crippen molar-refractivity contribution in [2.75, 3.05) is 0 Å². The summed E-state index contributed by atoms with van der Waals surface area (Å²) in [4.78, 5) is 33.4. The van der Waals surface area contributed by atoms with Gasteiger partial charge in [-0.15, -0.1) is 0 Å². The molecule has 0 aromatic heterocycles.